The summed E-state index contributed by atoms with van der Waals surface area (Å²) in [5, 5.41) is 26.7. The highest BCUT2D eigenvalue weighted by molar-refractivity contribution is 5.94. The fraction of sp³-hybridized carbons (Fsp3) is 0.462. The molecule has 1 aromatic heterocycles. The number of nitrogens with zero attached hydrogens (tertiary/aromatic N) is 1. The molecule has 0 aliphatic heterocycles. The molecule has 0 saturated carbocycles. The van der Waals surface area contributed by atoms with Crippen molar-refractivity contribution < 1.29 is 34.2 Å². The number of hydrogen-bond donors (Lipinski definition) is 8. The number of phenolic OH excluding ortho intramolecular Hbond substituents is 1. The molecule has 218 valence electrons. The number of aliphatic carboxylic acids is 1. The number of nitrogens with one attached hydrogen (secondary N) is 4. The molecule has 5 unspecified atom stereocenters. The third kappa shape index (κ3) is 10.0. The molecule has 10 N–H and O–H groups in total. The van der Waals surface area contributed by atoms with Gasteiger partial charge in [-0.1, -0.05) is 32.4 Å². The normalized spacial score (nSPS) is 14.7. The molecule has 40 heavy (non-hydrogen) atoms. The number of carboxylic acid groups (broad SMARTS) is 1. The van der Waals surface area contributed by atoms with Gasteiger partial charge in [-0.05, 0) is 30.0 Å². The molecule has 0 fully saturated rings. The zero-order valence-electron chi connectivity index (χ0n) is 22.4. The van der Waals surface area contributed by atoms with Gasteiger partial charge in [0, 0.05) is 31.2 Å². The van der Waals surface area contributed by atoms with Crippen molar-refractivity contribution in [3.63, 3.8) is 0 Å². The monoisotopic (exact) mass is 559 g/mol. The summed E-state index contributed by atoms with van der Waals surface area (Å²) in [5.74, 6) is -4.53. The molecule has 0 saturated heterocycles. The number of carboxylic acids is 1. The molecule has 0 aliphatic rings. The topological polar surface area (TPSA) is 243 Å². The van der Waals surface area contributed by atoms with Crippen molar-refractivity contribution in [2.75, 3.05) is 0 Å². The molecule has 4 amide bonds. The third-order valence-electron chi connectivity index (χ3n) is 6.43. The molecule has 0 radical (unpaired) electrons. The predicted molar refractivity (Wildman–Crippen MR) is 143 cm³/mol. The Labute approximate surface area is 231 Å². The standard InChI is InChI=1S/C26H37N7O7/c1-3-14(2)22(25(38)32-20(26(39)40)10-15-4-6-17(34)7-5-15)33-24(37)19(8-9-21(28)35)31-23(36)18(27)11-16-12-29-13-30-16/h4-7,12-14,18-20,22,34H,3,8-11,27H2,1-2H3,(H2,28,35)(H,29,30)(H,31,36)(H,32,38)(H,33,37)(H,39,40). The first kappa shape index (κ1) is 31.8. The number of carbonyl (C=O) groups is 5. The Morgan fingerprint density at radius 2 is 1.62 bits per heavy atom. The number of aromatic hydroxyl groups is 1. The molecule has 14 nitrogen and oxygen atoms in total. The Bertz CT molecular complexity index is 1150. The number of phenols is 1. The minimum absolute atomic E-state index is 0.0134. The maximum atomic E-state index is 13.3. The minimum Gasteiger partial charge on any atom is -0.508 e. The Hall–Kier alpha value is -4.46. The van der Waals surface area contributed by atoms with Crippen molar-refractivity contribution in [1.29, 1.82) is 0 Å². The van der Waals surface area contributed by atoms with E-state index in [9.17, 15) is 34.2 Å². The van der Waals surface area contributed by atoms with Gasteiger partial charge < -0.3 is 42.6 Å². The lowest BCUT2D eigenvalue weighted by atomic mass is 9.96. The quantitative estimate of drug-likeness (QED) is 0.127. The van der Waals surface area contributed by atoms with Gasteiger partial charge in [-0.2, -0.15) is 0 Å². The summed E-state index contributed by atoms with van der Waals surface area (Å²) in [6.45, 7) is 3.50. The number of aromatic amines is 1. The van der Waals surface area contributed by atoms with Gasteiger partial charge in [0.1, 0.15) is 23.9 Å². The summed E-state index contributed by atoms with van der Waals surface area (Å²) in [6.07, 6.45) is 3.09. The van der Waals surface area contributed by atoms with Crippen molar-refractivity contribution in [3.8, 4) is 5.75 Å². The maximum Gasteiger partial charge on any atom is 0.326 e. The van der Waals surface area contributed by atoms with Gasteiger partial charge in [-0.15, -0.1) is 0 Å². The number of amides is 4. The fourth-order valence-corrected chi connectivity index (χ4v) is 3.85. The molecule has 0 spiro atoms. The van der Waals surface area contributed by atoms with Crippen LogP contribution in [0.3, 0.4) is 0 Å². The van der Waals surface area contributed by atoms with E-state index in [0.29, 0.717) is 17.7 Å². The van der Waals surface area contributed by atoms with E-state index in [1.807, 2.05) is 0 Å². The van der Waals surface area contributed by atoms with E-state index in [1.54, 1.807) is 13.8 Å². The first-order valence-electron chi connectivity index (χ1n) is 12.8. The lowest BCUT2D eigenvalue weighted by Gasteiger charge is -2.28. The van der Waals surface area contributed by atoms with Crippen LogP contribution in [-0.2, 0) is 36.8 Å². The van der Waals surface area contributed by atoms with Crippen LogP contribution >= 0.6 is 0 Å². The third-order valence-corrected chi connectivity index (χ3v) is 6.43. The average molecular weight is 560 g/mol. The SMILES string of the molecule is CCC(C)C(NC(=O)C(CCC(N)=O)NC(=O)C(N)Cc1cnc[nH]1)C(=O)NC(Cc1ccc(O)cc1)C(=O)O. The second-order valence-corrected chi connectivity index (χ2v) is 9.60. The maximum absolute atomic E-state index is 13.3. The van der Waals surface area contributed by atoms with Crippen LogP contribution in [0.2, 0.25) is 0 Å². The highest BCUT2D eigenvalue weighted by Crippen LogP contribution is 2.13. The number of benzene rings is 1. The predicted octanol–water partition coefficient (Wildman–Crippen LogP) is -0.922. The van der Waals surface area contributed by atoms with Crippen molar-refractivity contribution in [3.05, 3.63) is 48.0 Å². The van der Waals surface area contributed by atoms with Crippen molar-refractivity contribution in [2.45, 2.75) is 70.1 Å². The first-order valence-corrected chi connectivity index (χ1v) is 12.8. The highest BCUT2D eigenvalue weighted by Gasteiger charge is 2.33. The molecule has 2 aromatic rings. The smallest absolute Gasteiger partial charge is 0.326 e. The first-order chi connectivity index (χ1) is 18.9. The second kappa shape index (κ2) is 15.2. The van der Waals surface area contributed by atoms with E-state index in [0.717, 1.165) is 0 Å². The second-order valence-electron chi connectivity index (χ2n) is 9.60. The Kier molecular flexibility index (Phi) is 12.1. The molecule has 1 aromatic carbocycles. The molecular weight excluding hydrogens is 522 g/mol. The van der Waals surface area contributed by atoms with Gasteiger partial charge >= 0.3 is 5.97 Å². The fourth-order valence-electron chi connectivity index (χ4n) is 3.85. The lowest BCUT2D eigenvalue weighted by Crippen LogP contribution is -2.59. The molecule has 0 bridgehead atoms. The minimum atomic E-state index is -1.31. The number of nitrogens with two attached hydrogens (primary N) is 2. The van der Waals surface area contributed by atoms with Crippen LogP contribution < -0.4 is 27.4 Å². The van der Waals surface area contributed by atoms with E-state index < -0.39 is 59.7 Å². The molecule has 1 heterocycles. The van der Waals surface area contributed by atoms with Crippen LogP contribution in [0.4, 0.5) is 0 Å². The summed E-state index contributed by atoms with van der Waals surface area (Å²) < 4.78 is 0. The molecule has 0 aliphatic carbocycles. The van der Waals surface area contributed by atoms with E-state index in [2.05, 4.69) is 25.9 Å². The summed E-state index contributed by atoms with van der Waals surface area (Å²) >= 11 is 0. The van der Waals surface area contributed by atoms with Gasteiger partial charge in [0.25, 0.3) is 0 Å². The number of aromatic nitrogens is 2. The number of hydrogen-bond acceptors (Lipinski definition) is 8. The van der Waals surface area contributed by atoms with Crippen LogP contribution in [0.5, 0.6) is 5.75 Å². The summed E-state index contributed by atoms with van der Waals surface area (Å²) in [7, 11) is 0. The van der Waals surface area contributed by atoms with Gasteiger partial charge in [0.2, 0.25) is 23.6 Å². The van der Waals surface area contributed by atoms with Gasteiger partial charge in [0.15, 0.2) is 0 Å². The van der Waals surface area contributed by atoms with Crippen LogP contribution in [0.1, 0.15) is 44.4 Å². The molecule has 2 rings (SSSR count). The number of imidazole rings is 1. The van der Waals surface area contributed by atoms with Gasteiger partial charge in [-0.25, -0.2) is 9.78 Å². The van der Waals surface area contributed by atoms with Crippen molar-refractivity contribution in [1.82, 2.24) is 25.9 Å². The van der Waals surface area contributed by atoms with Crippen molar-refractivity contribution in [2.24, 2.45) is 17.4 Å². The lowest BCUT2D eigenvalue weighted by molar-refractivity contribution is -0.142. The number of carbonyl (C=O) groups excluding carboxylic acids is 4. The Balaban J connectivity index is 2.15. The number of H-pyrrole nitrogens is 1. The number of primary amides is 1. The highest BCUT2D eigenvalue weighted by atomic mass is 16.4. The molecule has 14 heteroatoms. The average Bonchev–Trinajstić information content (AvgIpc) is 3.42. The Morgan fingerprint density at radius 3 is 2.17 bits per heavy atom. The van der Waals surface area contributed by atoms with Crippen LogP contribution in [0, 0.1) is 5.92 Å². The number of rotatable bonds is 16. The Morgan fingerprint density at radius 1 is 0.975 bits per heavy atom. The van der Waals surface area contributed by atoms with Gasteiger partial charge in [-0.3, -0.25) is 19.2 Å². The zero-order chi connectivity index (χ0) is 29.8. The molecular formula is C26H37N7O7. The van der Waals surface area contributed by atoms with E-state index in [-0.39, 0.29) is 31.4 Å². The van der Waals surface area contributed by atoms with E-state index in [4.69, 9.17) is 11.5 Å². The van der Waals surface area contributed by atoms with Crippen LogP contribution in [0.15, 0.2) is 36.8 Å². The summed E-state index contributed by atoms with van der Waals surface area (Å²) in [6, 6.07) is 1.15. The van der Waals surface area contributed by atoms with Crippen LogP contribution in [-0.4, -0.2) is 73.9 Å². The summed E-state index contributed by atoms with van der Waals surface area (Å²) in [4.78, 5) is 69.2. The van der Waals surface area contributed by atoms with Crippen LogP contribution in [0.25, 0.3) is 0 Å². The van der Waals surface area contributed by atoms with Crippen molar-refractivity contribution >= 4 is 29.6 Å². The van der Waals surface area contributed by atoms with E-state index >= 15 is 0 Å². The summed E-state index contributed by atoms with van der Waals surface area (Å²) in [5.41, 5.74) is 12.4. The largest absolute Gasteiger partial charge is 0.508 e. The zero-order valence-corrected chi connectivity index (χ0v) is 22.4. The van der Waals surface area contributed by atoms with E-state index in [1.165, 1.54) is 36.8 Å². The molecule has 5 atom stereocenters. The van der Waals surface area contributed by atoms with Gasteiger partial charge in [0.05, 0.1) is 12.4 Å².